The number of ether oxygens (including phenoxy) is 1. The van der Waals surface area contributed by atoms with Crippen LogP contribution in [0.1, 0.15) is 25.6 Å². The molecule has 1 aromatic heterocycles. The molecule has 0 aliphatic rings. The first-order valence-corrected chi connectivity index (χ1v) is 6.96. The Hall–Kier alpha value is -1.96. The molecule has 0 atom stereocenters. The molecule has 0 saturated carbocycles. The average molecular weight is 358 g/mol. The molecule has 1 heterocycles. The number of hydrogen-bond acceptors (Lipinski definition) is 4. The first-order chi connectivity index (χ1) is 9.79. The molecule has 0 bridgehead atoms. The summed E-state index contributed by atoms with van der Waals surface area (Å²) in [4.78, 5) is 10.6. The highest BCUT2D eigenvalue weighted by Crippen LogP contribution is 2.36. The van der Waals surface area contributed by atoms with Gasteiger partial charge >= 0.3 is 5.69 Å². The summed E-state index contributed by atoms with van der Waals surface area (Å²) in [7, 11) is 0. The summed E-state index contributed by atoms with van der Waals surface area (Å²) in [5.41, 5.74) is 0.0308. The quantitative estimate of drug-likeness (QED) is 0.601. The van der Waals surface area contributed by atoms with Gasteiger partial charge in [0.2, 0.25) is 0 Å². The van der Waals surface area contributed by atoms with Gasteiger partial charge in [0, 0.05) is 10.5 Å². The Morgan fingerprint density at radius 1 is 1.43 bits per heavy atom. The average Bonchev–Trinajstić information content (AvgIpc) is 2.64. The van der Waals surface area contributed by atoms with Crippen LogP contribution in [0.25, 0.3) is 0 Å². The lowest BCUT2D eigenvalue weighted by atomic mass is 10.3. The molecule has 0 fully saturated rings. The minimum atomic E-state index is -0.551. The fraction of sp³-hybridized carbons (Fsp3) is 0.308. The molecule has 6 nitrogen and oxygen atoms in total. The maximum absolute atomic E-state index is 13.4. The molecule has 0 radical (unpaired) electrons. The zero-order valence-electron chi connectivity index (χ0n) is 11.6. The number of nitrogens with zero attached hydrogens (tertiary/aromatic N) is 3. The molecule has 0 unspecified atom stereocenters. The SMILES string of the molecule is Cc1nn(C(C)C)c(Oc2cc(F)cc(Br)c2)c1[N+](=O)[O-]. The smallest absolute Gasteiger partial charge is 0.353 e. The Balaban J connectivity index is 2.53. The molecule has 112 valence electrons. The molecule has 0 spiro atoms. The number of rotatable bonds is 4. The maximum Gasteiger partial charge on any atom is 0.353 e. The van der Waals surface area contributed by atoms with Crippen molar-refractivity contribution in [1.29, 1.82) is 0 Å². The Kier molecular flexibility index (Phi) is 4.26. The van der Waals surface area contributed by atoms with Crippen LogP contribution in [0.5, 0.6) is 11.6 Å². The lowest BCUT2D eigenvalue weighted by Gasteiger charge is -2.11. The van der Waals surface area contributed by atoms with Gasteiger partial charge in [-0.2, -0.15) is 5.10 Å². The van der Waals surface area contributed by atoms with Gasteiger partial charge in [-0.05, 0) is 32.9 Å². The molecule has 0 N–H and O–H groups in total. The standard InChI is InChI=1S/C13H13BrFN3O3/c1-7(2)17-13(12(18(19)20)8(3)16-17)21-11-5-9(14)4-10(15)6-11/h4-7H,1-3H3. The summed E-state index contributed by atoms with van der Waals surface area (Å²) in [6.45, 7) is 5.18. The highest BCUT2D eigenvalue weighted by Gasteiger charge is 2.28. The van der Waals surface area contributed by atoms with E-state index in [-0.39, 0.29) is 29.1 Å². The number of aryl methyl sites for hydroxylation is 1. The van der Waals surface area contributed by atoms with Crippen LogP contribution in [-0.2, 0) is 0 Å². The number of halogens is 2. The fourth-order valence-corrected chi connectivity index (χ4v) is 2.32. The first-order valence-electron chi connectivity index (χ1n) is 6.17. The van der Waals surface area contributed by atoms with Crippen LogP contribution in [0.4, 0.5) is 10.1 Å². The van der Waals surface area contributed by atoms with Crippen molar-refractivity contribution in [2.45, 2.75) is 26.8 Å². The molecule has 0 amide bonds. The van der Waals surface area contributed by atoms with Gasteiger partial charge in [-0.25, -0.2) is 9.07 Å². The Morgan fingerprint density at radius 2 is 2.10 bits per heavy atom. The highest BCUT2D eigenvalue weighted by molar-refractivity contribution is 9.10. The van der Waals surface area contributed by atoms with Crippen LogP contribution in [0, 0.1) is 22.9 Å². The monoisotopic (exact) mass is 357 g/mol. The summed E-state index contributed by atoms with van der Waals surface area (Å²) >= 11 is 3.15. The molecular weight excluding hydrogens is 345 g/mol. The van der Waals surface area contributed by atoms with Crippen molar-refractivity contribution in [3.8, 4) is 11.6 Å². The maximum atomic E-state index is 13.4. The molecule has 0 aliphatic carbocycles. The van der Waals surface area contributed by atoms with Gasteiger partial charge < -0.3 is 4.74 Å². The molecule has 2 rings (SSSR count). The predicted molar refractivity (Wildman–Crippen MR) is 78.2 cm³/mol. The van der Waals surface area contributed by atoms with Crippen LogP contribution in [0.3, 0.4) is 0 Å². The van der Waals surface area contributed by atoms with Crippen LogP contribution in [-0.4, -0.2) is 14.7 Å². The second-order valence-corrected chi connectivity index (χ2v) is 5.66. The highest BCUT2D eigenvalue weighted by atomic mass is 79.9. The van der Waals surface area contributed by atoms with E-state index in [2.05, 4.69) is 21.0 Å². The third-order valence-electron chi connectivity index (χ3n) is 2.73. The van der Waals surface area contributed by atoms with Crippen LogP contribution in [0.2, 0.25) is 0 Å². The molecule has 0 aliphatic heterocycles. The van der Waals surface area contributed by atoms with Gasteiger partial charge in [-0.3, -0.25) is 10.1 Å². The molecule has 1 aromatic carbocycles. The van der Waals surface area contributed by atoms with Gasteiger partial charge in [-0.15, -0.1) is 0 Å². The number of nitro groups is 1. The summed E-state index contributed by atoms with van der Waals surface area (Å²) in [5, 5.41) is 15.3. The minimum Gasteiger partial charge on any atom is -0.434 e. The van der Waals surface area contributed by atoms with Crippen molar-refractivity contribution in [3.05, 3.63) is 44.3 Å². The second-order valence-electron chi connectivity index (χ2n) is 4.74. The first kappa shape index (κ1) is 15.4. The third kappa shape index (κ3) is 3.21. The second kappa shape index (κ2) is 5.80. The van der Waals surface area contributed by atoms with Crippen molar-refractivity contribution in [2.24, 2.45) is 0 Å². The molecule has 0 saturated heterocycles. The van der Waals surface area contributed by atoms with E-state index in [0.717, 1.165) is 6.07 Å². The summed E-state index contributed by atoms with van der Waals surface area (Å²) < 4.78 is 20.8. The summed E-state index contributed by atoms with van der Waals surface area (Å²) in [6.07, 6.45) is 0. The van der Waals surface area contributed by atoms with E-state index >= 15 is 0 Å². The Morgan fingerprint density at radius 3 is 2.62 bits per heavy atom. The van der Waals surface area contributed by atoms with E-state index in [4.69, 9.17) is 4.74 Å². The van der Waals surface area contributed by atoms with E-state index < -0.39 is 10.7 Å². The number of hydrogen-bond donors (Lipinski definition) is 0. The largest absolute Gasteiger partial charge is 0.434 e. The van der Waals surface area contributed by atoms with Crippen LogP contribution >= 0.6 is 15.9 Å². The predicted octanol–water partition coefficient (Wildman–Crippen LogP) is 4.37. The zero-order chi connectivity index (χ0) is 15.7. The topological polar surface area (TPSA) is 70.2 Å². The van der Waals surface area contributed by atoms with Gasteiger partial charge in [-0.1, -0.05) is 15.9 Å². The number of aromatic nitrogens is 2. The van der Waals surface area contributed by atoms with E-state index in [1.807, 2.05) is 13.8 Å². The normalized spacial score (nSPS) is 11.0. The minimum absolute atomic E-state index is 0.00926. The van der Waals surface area contributed by atoms with Crippen molar-refractivity contribution in [2.75, 3.05) is 0 Å². The third-order valence-corrected chi connectivity index (χ3v) is 3.19. The Labute approximate surface area is 128 Å². The van der Waals surface area contributed by atoms with Crippen molar-refractivity contribution in [3.63, 3.8) is 0 Å². The van der Waals surface area contributed by atoms with Crippen molar-refractivity contribution < 1.29 is 14.1 Å². The van der Waals surface area contributed by atoms with E-state index in [1.165, 1.54) is 23.7 Å². The van der Waals surface area contributed by atoms with Gasteiger partial charge in [0.15, 0.2) is 0 Å². The molecule has 2 aromatic rings. The summed E-state index contributed by atoms with van der Waals surface area (Å²) in [6, 6.07) is 3.82. The zero-order valence-corrected chi connectivity index (χ0v) is 13.2. The Bertz CT molecular complexity index is 680. The lowest BCUT2D eigenvalue weighted by molar-refractivity contribution is -0.386. The van der Waals surface area contributed by atoms with E-state index in [0.29, 0.717) is 4.47 Å². The van der Waals surface area contributed by atoms with E-state index in [9.17, 15) is 14.5 Å². The van der Waals surface area contributed by atoms with Crippen LogP contribution in [0.15, 0.2) is 22.7 Å². The lowest BCUT2D eigenvalue weighted by Crippen LogP contribution is -2.05. The van der Waals surface area contributed by atoms with Gasteiger partial charge in [0.25, 0.3) is 5.88 Å². The molecule has 8 heteroatoms. The van der Waals surface area contributed by atoms with Crippen LogP contribution < -0.4 is 4.74 Å². The molecular formula is C13H13BrFN3O3. The van der Waals surface area contributed by atoms with Gasteiger partial charge in [0.05, 0.1) is 11.0 Å². The van der Waals surface area contributed by atoms with Crippen molar-refractivity contribution >= 4 is 21.6 Å². The molecule has 21 heavy (non-hydrogen) atoms. The number of benzene rings is 1. The fourth-order valence-electron chi connectivity index (χ4n) is 1.87. The van der Waals surface area contributed by atoms with Gasteiger partial charge in [0.1, 0.15) is 17.3 Å². The summed E-state index contributed by atoms with van der Waals surface area (Å²) in [5.74, 6) is -0.355. The van der Waals surface area contributed by atoms with E-state index in [1.54, 1.807) is 0 Å². The van der Waals surface area contributed by atoms with Crippen molar-refractivity contribution in [1.82, 2.24) is 9.78 Å².